The molecule has 0 bridgehead atoms. The standard InChI is InChI=1S/C19H23F3N6OS/c20-19(21,22)13-4-3-9-27(12-13)15-6-5-14-16(25-15)28(10-2-1-7-23-14)18(29)26-17-24-8-11-30-17/h5-6,8,11,13,23H,1-4,7,9-10,12H2,(H,24,26,29). The van der Waals surface area contributed by atoms with E-state index in [9.17, 15) is 18.0 Å². The molecule has 4 heterocycles. The quantitative estimate of drug-likeness (QED) is 0.716. The van der Waals surface area contributed by atoms with Crippen LogP contribution in [0.4, 0.5) is 40.4 Å². The van der Waals surface area contributed by atoms with E-state index in [0.717, 1.165) is 19.4 Å². The first-order valence-electron chi connectivity index (χ1n) is 9.96. The molecular formula is C19H23F3N6OS. The number of halogens is 3. The molecule has 162 valence electrons. The molecule has 4 rings (SSSR count). The monoisotopic (exact) mass is 440 g/mol. The number of carbonyl (C=O) groups excluding carboxylic acids is 1. The van der Waals surface area contributed by atoms with Crippen LogP contribution in [0.1, 0.15) is 25.7 Å². The van der Waals surface area contributed by atoms with Crippen molar-refractivity contribution >= 4 is 39.8 Å². The Hall–Kier alpha value is -2.56. The average Bonchev–Trinajstić information content (AvgIpc) is 3.21. The number of alkyl halides is 3. The topological polar surface area (TPSA) is 73.4 Å². The summed E-state index contributed by atoms with van der Waals surface area (Å²) >= 11 is 1.31. The lowest BCUT2D eigenvalue weighted by Crippen LogP contribution is -2.42. The minimum atomic E-state index is -4.22. The Morgan fingerprint density at radius 3 is 2.87 bits per heavy atom. The smallest absolute Gasteiger partial charge is 0.382 e. The number of nitrogens with one attached hydrogen (secondary N) is 2. The van der Waals surface area contributed by atoms with E-state index >= 15 is 0 Å². The molecule has 2 aliphatic rings. The van der Waals surface area contributed by atoms with Gasteiger partial charge in [-0.05, 0) is 37.8 Å². The third kappa shape index (κ3) is 4.61. The van der Waals surface area contributed by atoms with Crippen molar-refractivity contribution in [3.05, 3.63) is 23.7 Å². The summed E-state index contributed by atoms with van der Waals surface area (Å²) in [6.45, 7) is 1.61. The lowest BCUT2D eigenvalue weighted by molar-refractivity contribution is -0.176. The van der Waals surface area contributed by atoms with Gasteiger partial charge in [0.25, 0.3) is 0 Å². The molecule has 0 spiro atoms. The fourth-order valence-electron chi connectivity index (χ4n) is 3.78. The molecule has 2 aromatic rings. The lowest BCUT2D eigenvalue weighted by atomic mass is 9.97. The van der Waals surface area contributed by atoms with Gasteiger partial charge in [0.2, 0.25) is 0 Å². The van der Waals surface area contributed by atoms with Crippen molar-refractivity contribution in [1.29, 1.82) is 0 Å². The number of rotatable bonds is 2. The van der Waals surface area contributed by atoms with Gasteiger partial charge in [-0.25, -0.2) is 14.8 Å². The fourth-order valence-corrected chi connectivity index (χ4v) is 4.29. The summed E-state index contributed by atoms with van der Waals surface area (Å²) in [7, 11) is 0. The molecule has 0 aromatic carbocycles. The normalized spacial score (nSPS) is 20.0. The van der Waals surface area contributed by atoms with Gasteiger partial charge in [-0.2, -0.15) is 13.2 Å². The molecule has 0 saturated carbocycles. The second-order valence-corrected chi connectivity index (χ2v) is 8.31. The second-order valence-electron chi connectivity index (χ2n) is 7.42. The van der Waals surface area contributed by atoms with E-state index in [1.165, 1.54) is 16.2 Å². The lowest BCUT2D eigenvalue weighted by Gasteiger charge is -2.35. The third-order valence-corrected chi connectivity index (χ3v) is 6.03. The SMILES string of the molecule is O=C(Nc1nccs1)N1CCCCNc2ccc(N3CCCC(C(F)(F)F)C3)nc21. The number of pyridine rings is 1. The third-order valence-electron chi connectivity index (χ3n) is 5.34. The van der Waals surface area contributed by atoms with Gasteiger partial charge in [-0.15, -0.1) is 11.3 Å². The second kappa shape index (κ2) is 8.66. The summed E-state index contributed by atoms with van der Waals surface area (Å²) in [5.74, 6) is -0.481. The van der Waals surface area contributed by atoms with Crippen LogP contribution in [0.2, 0.25) is 0 Å². The Morgan fingerprint density at radius 1 is 1.23 bits per heavy atom. The summed E-state index contributed by atoms with van der Waals surface area (Å²) in [6.07, 6.45) is -0.355. The molecule has 2 aliphatic heterocycles. The van der Waals surface area contributed by atoms with E-state index in [4.69, 9.17) is 0 Å². The zero-order valence-electron chi connectivity index (χ0n) is 16.3. The molecule has 2 aromatic heterocycles. The highest BCUT2D eigenvalue weighted by atomic mass is 32.1. The van der Waals surface area contributed by atoms with Crippen molar-refractivity contribution in [3.8, 4) is 0 Å². The van der Waals surface area contributed by atoms with E-state index in [1.54, 1.807) is 28.6 Å². The molecule has 1 unspecified atom stereocenters. The van der Waals surface area contributed by atoms with Crippen LogP contribution < -0.4 is 20.4 Å². The van der Waals surface area contributed by atoms with Crippen molar-refractivity contribution in [2.24, 2.45) is 5.92 Å². The van der Waals surface area contributed by atoms with Crippen molar-refractivity contribution in [2.75, 3.05) is 46.6 Å². The summed E-state index contributed by atoms with van der Waals surface area (Å²) in [5, 5.41) is 8.30. The van der Waals surface area contributed by atoms with Gasteiger partial charge in [0.15, 0.2) is 10.9 Å². The van der Waals surface area contributed by atoms with E-state index in [0.29, 0.717) is 42.0 Å². The Bertz CT molecular complexity index is 876. The van der Waals surface area contributed by atoms with Gasteiger partial charge in [-0.1, -0.05) is 0 Å². The number of thiazole rings is 1. The number of fused-ring (bicyclic) bond motifs is 1. The van der Waals surface area contributed by atoms with Crippen LogP contribution in [0.5, 0.6) is 0 Å². The molecule has 7 nitrogen and oxygen atoms in total. The predicted octanol–water partition coefficient (Wildman–Crippen LogP) is 4.56. The van der Waals surface area contributed by atoms with Gasteiger partial charge in [0.05, 0.1) is 11.6 Å². The van der Waals surface area contributed by atoms with E-state index in [2.05, 4.69) is 20.6 Å². The minimum absolute atomic E-state index is 0.117. The van der Waals surface area contributed by atoms with Crippen molar-refractivity contribution in [1.82, 2.24) is 9.97 Å². The first-order valence-corrected chi connectivity index (χ1v) is 10.8. The molecule has 1 fully saturated rings. The van der Waals surface area contributed by atoms with Gasteiger partial charge in [0.1, 0.15) is 5.82 Å². The summed E-state index contributed by atoms with van der Waals surface area (Å²) < 4.78 is 39.7. The predicted molar refractivity (Wildman–Crippen MR) is 111 cm³/mol. The summed E-state index contributed by atoms with van der Waals surface area (Å²) in [4.78, 5) is 24.8. The number of anilines is 4. The van der Waals surface area contributed by atoms with Crippen LogP contribution in [0.15, 0.2) is 23.7 Å². The fraction of sp³-hybridized carbons (Fsp3) is 0.526. The summed E-state index contributed by atoms with van der Waals surface area (Å²) in [5.41, 5.74) is 0.692. The Labute approximate surface area is 176 Å². The summed E-state index contributed by atoms with van der Waals surface area (Å²) in [6, 6.07) is 3.17. The maximum Gasteiger partial charge on any atom is 0.393 e. The number of hydrogen-bond donors (Lipinski definition) is 2. The van der Waals surface area contributed by atoms with E-state index in [1.807, 2.05) is 0 Å². The van der Waals surface area contributed by atoms with Gasteiger partial charge < -0.3 is 10.2 Å². The molecule has 2 N–H and O–H groups in total. The van der Waals surface area contributed by atoms with Gasteiger partial charge in [-0.3, -0.25) is 10.2 Å². The van der Waals surface area contributed by atoms with Crippen LogP contribution in [0, 0.1) is 5.92 Å². The molecule has 30 heavy (non-hydrogen) atoms. The molecule has 11 heteroatoms. The Kier molecular flexibility index (Phi) is 5.98. The molecule has 0 radical (unpaired) electrons. The number of amides is 2. The number of hydrogen-bond acceptors (Lipinski definition) is 6. The zero-order valence-corrected chi connectivity index (χ0v) is 17.1. The maximum absolute atomic E-state index is 13.2. The van der Waals surface area contributed by atoms with Crippen LogP contribution in [-0.2, 0) is 0 Å². The molecule has 0 aliphatic carbocycles. The molecule has 2 amide bonds. The van der Waals surface area contributed by atoms with Gasteiger partial charge >= 0.3 is 12.2 Å². The van der Waals surface area contributed by atoms with Crippen molar-refractivity contribution < 1.29 is 18.0 Å². The Balaban J connectivity index is 1.61. The number of aromatic nitrogens is 2. The van der Waals surface area contributed by atoms with Crippen LogP contribution >= 0.6 is 11.3 Å². The van der Waals surface area contributed by atoms with Crippen LogP contribution in [-0.4, -0.2) is 48.4 Å². The van der Waals surface area contributed by atoms with Crippen LogP contribution in [0.3, 0.4) is 0 Å². The van der Waals surface area contributed by atoms with Crippen LogP contribution in [0.25, 0.3) is 0 Å². The highest BCUT2D eigenvalue weighted by Gasteiger charge is 2.42. The maximum atomic E-state index is 13.2. The first-order chi connectivity index (χ1) is 14.4. The molecule has 1 saturated heterocycles. The molecule has 1 atom stereocenters. The molecular weight excluding hydrogens is 417 g/mol. The number of nitrogens with zero attached hydrogens (tertiary/aromatic N) is 4. The first kappa shape index (κ1) is 20.7. The average molecular weight is 440 g/mol. The Morgan fingerprint density at radius 2 is 2.10 bits per heavy atom. The highest BCUT2D eigenvalue weighted by molar-refractivity contribution is 7.13. The number of urea groups is 1. The number of carbonyl (C=O) groups is 1. The zero-order chi connectivity index (χ0) is 21.1. The van der Waals surface area contributed by atoms with E-state index in [-0.39, 0.29) is 19.0 Å². The van der Waals surface area contributed by atoms with Crippen molar-refractivity contribution in [3.63, 3.8) is 0 Å². The van der Waals surface area contributed by atoms with Gasteiger partial charge in [0, 0.05) is 37.8 Å². The minimum Gasteiger partial charge on any atom is -0.382 e. The highest BCUT2D eigenvalue weighted by Crippen LogP contribution is 2.36. The van der Waals surface area contributed by atoms with E-state index < -0.39 is 12.1 Å². The largest absolute Gasteiger partial charge is 0.393 e. The number of piperidine rings is 1. The van der Waals surface area contributed by atoms with Crippen molar-refractivity contribution in [2.45, 2.75) is 31.9 Å².